The lowest BCUT2D eigenvalue weighted by Gasteiger charge is -2.22. The quantitative estimate of drug-likeness (QED) is 0.582. The largest absolute Gasteiger partial charge is 0.752 e. The van der Waals surface area contributed by atoms with Gasteiger partial charge in [0.15, 0.2) is 0 Å². The van der Waals surface area contributed by atoms with Gasteiger partial charge in [0, 0.05) is 5.69 Å². The van der Waals surface area contributed by atoms with Gasteiger partial charge in [-0.2, -0.15) is 0 Å². The molecule has 1 heterocycles. The van der Waals surface area contributed by atoms with Gasteiger partial charge in [-0.05, 0) is 18.6 Å². The molecule has 0 radical (unpaired) electrons. The molecule has 2 rings (SSSR count). The first-order valence-electron chi connectivity index (χ1n) is 3.82. The number of anilines is 1. The maximum atomic E-state index is 11.2. The Morgan fingerprint density at radius 3 is 2.75 bits per heavy atom. The second kappa shape index (κ2) is 2.32. The molecule has 0 N–H and O–H groups in total. The Balaban J connectivity index is 2.59. The predicted molar refractivity (Wildman–Crippen MR) is 45.7 cm³/mol. The fourth-order valence-corrected chi connectivity index (χ4v) is 1.47. The summed E-state index contributed by atoms with van der Waals surface area (Å²) in [5, 5.41) is 11.6. The number of hydrogen-bond donors (Lipinski definition) is 0. The summed E-state index contributed by atoms with van der Waals surface area (Å²) in [6.07, 6.45) is 0. The second-order valence-electron chi connectivity index (χ2n) is 2.91. The Morgan fingerprint density at radius 1 is 1.42 bits per heavy atom. The van der Waals surface area contributed by atoms with E-state index < -0.39 is 0 Å². The monoisotopic (exact) mass is 162 g/mol. The van der Waals surface area contributed by atoms with Crippen molar-refractivity contribution in [1.82, 2.24) is 0 Å². The summed E-state index contributed by atoms with van der Waals surface area (Å²) in [7, 11) is 0. The van der Waals surface area contributed by atoms with E-state index in [0.29, 0.717) is 10.8 Å². The molecule has 3 nitrogen and oxygen atoms in total. The number of hydroxylamine groups is 1. The van der Waals surface area contributed by atoms with Gasteiger partial charge < -0.3 is 10.3 Å². The lowest BCUT2D eigenvalue weighted by molar-refractivity contribution is -0.118. The van der Waals surface area contributed by atoms with Gasteiger partial charge in [0.25, 0.3) is 0 Å². The molecule has 62 valence electrons. The van der Waals surface area contributed by atoms with Crippen LogP contribution in [0.5, 0.6) is 0 Å². The fourth-order valence-electron chi connectivity index (χ4n) is 1.47. The van der Waals surface area contributed by atoms with Crippen LogP contribution in [0.4, 0.5) is 5.69 Å². The van der Waals surface area contributed by atoms with Crippen LogP contribution in [0.1, 0.15) is 18.4 Å². The van der Waals surface area contributed by atoms with E-state index in [4.69, 9.17) is 0 Å². The van der Waals surface area contributed by atoms with Crippen molar-refractivity contribution in [2.75, 3.05) is 5.06 Å². The smallest absolute Gasteiger partial charge is 0.223 e. The normalized spacial score (nSPS) is 21.3. The van der Waals surface area contributed by atoms with Gasteiger partial charge in [-0.25, -0.2) is 0 Å². The summed E-state index contributed by atoms with van der Waals surface area (Å²) in [5.41, 5.74) is 1.33. The van der Waals surface area contributed by atoms with Gasteiger partial charge in [-0.3, -0.25) is 4.79 Å². The highest BCUT2D eigenvalue weighted by molar-refractivity contribution is 6.05. The highest BCUT2D eigenvalue weighted by Crippen LogP contribution is 2.35. The first-order chi connectivity index (χ1) is 5.72. The number of carbonyl (C=O) groups excluding carboxylic acids is 1. The van der Waals surface area contributed by atoms with E-state index in [-0.39, 0.29) is 11.8 Å². The maximum absolute atomic E-state index is 11.2. The van der Waals surface area contributed by atoms with Crippen LogP contribution in [-0.4, -0.2) is 5.91 Å². The molecule has 1 unspecified atom stereocenters. The summed E-state index contributed by atoms with van der Waals surface area (Å²) in [6, 6.07) is 7.08. The third-order valence-electron chi connectivity index (χ3n) is 2.19. The molecule has 0 fully saturated rings. The molecule has 12 heavy (non-hydrogen) atoms. The van der Waals surface area contributed by atoms with E-state index in [1.165, 1.54) is 0 Å². The van der Waals surface area contributed by atoms with Gasteiger partial charge >= 0.3 is 0 Å². The first kappa shape index (κ1) is 7.31. The van der Waals surface area contributed by atoms with E-state index >= 15 is 0 Å². The average Bonchev–Trinajstić information content (AvgIpc) is 2.33. The van der Waals surface area contributed by atoms with Crippen LogP contribution >= 0.6 is 0 Å². The van der Waals surface area contributed by atoms with Crippen molar-refractivity contribution in [3.63, 3.8) is 0 Å². The Bertz CT molecular complexity index is 304. The third-order valence-corrected chi connectivity index (χ3v) is 2.19. The van der Waals surface area contributed by atoms with Crippen LogP contribution < -0.4 is 5.06 Å². The molecule has 1 amide bonds. The number of para-hydroxylation sites is 1. The second-order valence-corrected chi connectivity index (χ2v) is 2.91. The fraction of sp³-hybridized carbons (Fsp3) is 0.222. The number of fused-ring (bicyclic) bond motifs is 1. The zero-order valence-electron chi connectivity index (χ0n) is 6.65. The van der Waals surface area contributed by atoms with Crippen molar-refractivity contribution in [3.8, 4) is 0 Å². The summed E-state index contributed by atoms with van der Waals surface area (Å²) in [6.45, 7) is 1.75. The van der Waals surface area contributed by atoms with E-state index in [0.717, 1.165) is 5.56 Å². The van der Waals surface area contributed by atoms with Gasteiger partial charge in [0.2, 0.25) is 5.91 Å². The van der Waals surface area contributed by atoms with Crippen molar-refractivity contribution >= 4 is 11.6 Å². The van der Waals surface area contributed by atoms with Crippen LogP contribution in [0.3, 0.4) is 0 Å². The Morgan fingerprint density at radius 2 is 2.08 bits per heavy atom. The van der Waals surface area contributed by atoms with Crippen LogP contribution in [0, 0.1) is 5.21 Å². The number of amides is 1. The summed E-state index contributed by atoms with van der Waals surface area (Å²) >= 11 is 0. The topological polar surface area (TPSA) is 43.4 Å². The lowest BCUT2D eigenvalue weighted by Crippen LogP contribution is -2.20. The van der Waals surface area contributed by atoms with Crippen LogP contribution in [-0.2, 0) is 4.79 Å². The molecule has 0 saturated heterocycles. The minimum absolute atomic E-state index is 0.279. The lowest BCUT2D eigenvalue weighted by atomic mass is 10.0. The van der Waals surface area contributed by atoms with Gasteiger partial charge in [-0.15, -0.1) is 0 Å². The molecule has 1 atom stereocenters. The van der Waals surface area contributed by atoms with Crippen molar-refractivity contribution in [1.29, 1.82) is 0 Å². The molecule has 0 aromatic heterocycles. The standard InChI is InChI=1S/C9H8NO2/c1-6-7-4-2-3-5-8(7)10(12)9(6)11/h2-6H,1H3/q-1. The number of hydrogen-bond acceptors (Lipinski definition) is 2. The van der Waals surface area contributed by atoms with Gasteiger partial charge in [-0.1, -0.05) is 18.2 Å². The Hall–Kier alpha value is -1.35. The Labute approximate surface area is 70.2 Å². The predicted octanol–water partition coefficient (Wildman–Crippen LogP) is 1.63. The van der Waals surface area contributed by atoms with Crippen LogP contribution in [0.2, 0.25) is 0 Å². The molecule has 0 aliphatic carbocycles. The third kappa shape index (κ3) is 0.769. The molecule has 0 saturated carbocycles. The number of carbonyl (C=O) groups is 1. The highest BCUT2D eigenvalue weighted by Gasteiger charge is 2.27. The zero-order valence-corrected chi connectivity index (χ0v) is 6.65. The van der Waals surface area contributed by atoms with Gasteiger partial charge in [0.1, 0.15) is 0 Å². The molecule has 0 spiro atoms. The van der Waals surface area contributed by atoms with E-state index in [1.807, 2.05) is 12.1 Å². The van der Waals surface area contributed by atoms with E-state index in [1.54, 1.807) is 19.1 Å². The number of nitrogens with zero attached hydrogens (tertiary/aromatic N) is 1. The molecular formula is C9H8NO2-. The molecule has 1 aliphatic rings. The molecule has 1 aromatic rings. The van der Waals surface area contributed by atoms with Gasteiger partial charge in [0.05, 0.1) is 5.92 Å². The van der Waals surface area contributed by atoms with Crippen LogP contribution in [0.15, 0.2) is 24.3 Å². The molecule has 0 bridgehead atoms. The minimum Gasteiger partial charge on any atom is -0.752 e. The number of rotatable bonds is 0. The molecule has 3 heteroatoms. The number of benzene rings is 1. The molecule has 1 aromatic carbocycles. The summed E-state index contributed by atoms with van der Waals surface area (Å²) in [4.78, 5) is 11.2. The highest BCUT2D eigenvalue weighted by atomic mass is 16.5. The zero-order chi connectivity index (χ0) is 8.72. The molecular weight excluding hydrogens is 154 g/mol. The van der Waals surface area contributed by atoms with Crippen molar-refractivity contribution in [3.05, 3.63) is 35.0 Å². The summed E-state index contributed by atoms with van der Waals surface area (Å²) < 4.78 is 0. The minimum atomic E-state index is -0.365. The SMILES string of the molecule is CC1C(=O)N([O-])c2ccccc21. The van der Waals surface area contributed by atoms with Crippen molar-refractivity contribution in [2.45, 2.75) is 12.8 Å². The maximum Gasteiger partial charge on any atom is 0.223 e. The Kier molecular flexibility index (Phi) is 1.41. The first-order valence-corrected chi connectivity index (χ1v) is 3.82. The van der Waals surface area contributed by atoms with E-state index in [9.17, 15) is 10.0 Å². The van der Waals surface area contributed by atoms with E-state index in [2.05, 4.69) is 0 Å². The average molecular weight is 162 g/mol. The van der Waals surface area contributed by atoms with Crippen molar-refractivity contribution in [2.24, 2.45) is 0 Å². The van der Waals surface area contributed by atoms with Crippen LogP contribution in [0.25, 0.3) is 0 Å². The van der Waals surface area contributed by atoms with Crippen molar-refractivity contribution < 1.29 is 4.79 Å². The molecule has 1 aliphatic heterocycles. The summed E-state index contributed by atoms with van der Waals surface area (Å²) in [5.74, 6) is -0.644.